The topological polar surface area (TPSA) is 56.8 Å². The zero-order valence-corrected chi connectivity index (χ0v) is 11.1. The predicted octanol–water partition coefficient (Wildman–Crippen LogP) is 2.34. The third kappa shape index (κ3) is 4.16. The van der Waals surface area contributed by atoms with Crippen molar-refractivity contribution in [2.24, 2.45) is 0 Å². The molecule has 5 nitrogen and oxygen atoms in total. The van der Waals surface area contributed by atoms with E-state index >= 15 is 0 Å². The number of alkyl carbamates (subject to hydrolysis) is 1. The van der Waals surface area contributed by atoms with Gasteiger partial charge in [-0.05, 0) is 31.5 Å². The van der Waals surface area contributed by atoms with Gasteiger partial charge >= 0.3 is 6.09 Å². The van der Waals surface area contributed by atoms with E-state index < -0.39 is 6.09 Å². The van der Waals surface area contributed by atoms with Crippen LogP contribution in [0.1, 0.15) is 19.4 Å². The molecule has 0 aliphatic heterocycles. The number of carbonyl (C=O) groups is 1. The van der Waals surface area contributed by atoms with E-state index in [-0.39, 0.29) is 6.10 Å². The molecule has 1 amide bonds. The Kier molecular flexibility index (Phi) is 5.30. The summed E-state index contributed by atoms with van der Waals surface area (Å²) < 4.78 is 15.3. The molecule has 100 valence electrons. The lowest BCUT2D eigenvalue weighted by Gasteiger charge is -2.11. The van der Waals surface area contributed by atoms with Gasteiger partial charge in [-0.25, -0.2) is 4.79 Å². The maximum Gasteiger partial charge on any atom is 0.407 e. The lowest BCUT2D eigenvalue weighted by molar-refractivity contribution is 0.115. The van der Waals surface area contributed by atoms with Gasteiger partial charge in [-0.2, -0.15) is 0 Å². The first kappa shape index (κ1) is 14.2. The molecule has 1 rings (SSSR count). The van der Waals surface area contributed by atoms with Crippen LogP contribution in [0, 0.1) is 0 Å². The van der Waals surface area contributed by atoms with Gasteiger partial charge in [0, 0.05) is 6.54 Å². The molecule has 18 heavy (non-hydrogen) atoms. The van der Waals surface area contributed by atoms with Crippen molar-refractivity contribution >= 4 is 6.09 Å². The van der Waals surface area contributed by atoms with E-state index in [1.165, 1.54) is 0 Å². The Labute approximate surface area is 107 Å². The molecule has 0 saturated heterocycles. The van der Waals surface area contributed by atoms with Crippen molar-refractivity contribution in [2.75, 3.05) is 14.2 Å². The molecule has 1 aromatic rings. The second-order valence-corrected chi connectivity index (χ2v) is 4.00. The van der Waals surface area contributed by atoms with Crippen molar-refractivity contribution < 1.29 is 19.0 Å². The van der Waals surface area contributed by atoms with Gasteiger partial charge in [0.1, 0.15) is 0 Å². The standard InChI is InChI=1S/C13H19NO4/c1-9(2)18-13(15)14-8-10-5-6-11(16-3)12(7-10)17-4/h5-7,9H,8H2,1-4H3,(H,14,15). The third-order valence-corrected chi connectivity index (χ3v) is 2.23. The summed E-state index contributed by atoms with van der Waals surface area (Å²) in [5.41, 5.74) is 0.911. The largest absolute Gasteiger partial charge is 0.493 e. The Morgan fingerprint density at radius 3 is 2.44 bits per heavy atom. The molecule has 0 saturated carbocycles. The number of hydrogen-bond donors (Lipinski definition) is 1. The zero-order valence-electron chi connectivity index (χ0n) is 11.1. The fourth-order valence-corrected chi connectivity index (χ4v) is 1.42. The van der Waals surface area contributed by atoms with E-state index in [1.54, 1.807) is 34.1 Å². The van der Waals surface area contributed by atoms with E-state index in [2.05, 4.69) is 5.32 Å². The van der Waals surface area contributed by atoms with Gasteiger partial charge in [-0.15, -0.1) is 0 Å². The molecule has 0 heterocycles. The van der Waals surface area contributed by atoms with Crippen LogP contribution in [0.2, 0.25) is 0 Å². The van der Waals surface area contributed by atoms with Crippen molar-refractivity contribution in [1.82, 2.24) is 5.32 Å². The van der Waals surface area contributed by atoms with Gasteiger partial charge in [0.05, 0.1) is 20.3 Å². The van der Waals surface area contributed by atoms with Gasteiger partial charge in [0.15, 0.2) is 11.5 Å². The number of ether oxygens (including phenoxy) is 3. The van der Waals surface area contributed by atoms with Crippen LogP contribution in [0.15, 0.2) is 18.2 Å². The van der Waals surface area contributed by atoms with Crippen LogP contribution in [0.5, 0.6) is 11.5 Å². The molecule has 0 fully saturated rings. The average molecular weight is 253 g/mol. The number of benzene rings is 1. The molecular weight excluding hydrogens is 234 g/mol. The van der Waals surface area contributed by atoms with Crippen LogP contribution in [-0.4, -0.2) is 26.4 Å². The minimum atomic E-state index is -0.431. The van der Waals surface area contributed by atoms with E-state index in [0.717, 1.165) is 5.56 Å². The summed E-state index contributed by atoms with van der Waals surface area (Å²) in [6.45, 7) is 3.98. The van der Waals surface area contributed by atoms with Crippen molar-refractivity contribution in [1.29, 1.82) is 0 Å². The summed E-state index contributed by atoms with van der Waals surface area (Å²) in [4.78, 5) is 11.3. The fraction of sp³-hybridized carbons (Fsp3) is 0.462. The molecule has 1 aromatic carbocycles. The Balaban J connectivity index is 2.60. The molecule has 0 aliphatic carbocycles. The Hall–Kier alpha value is -1.91. The normalized spacial score (nSPS) is 10.1. The monoisotopic (exact) mass is 253 g/mol. The van der Waals surface area contributed by atoms with Crippen molar-refractivity contribution in [2.45, 2.75) is 26.5 Å². The number of hydrogen-bond acceptors (Lipinski definition) is 4. The molecule has 0 unspecified atom stereocenters. The maximum atomic E-state index is 11.3. The van der Waals surface area contributed by atoms with Crippen LogP contribution in [-0.2, 0) is 11.3 Å². The number of amides is 1. The zero-order chi connectivity index (χ0) is 13.5. The SMILES string of the molecule is COc1ccc(CNC(=O)OC(C)C)cc1OC. The molecule has 0 spiro atoms. The summed E-state index contributed by atoms with van der Waals surface area (Å²) in [5, 5.41) is 2.66. The van der Waals surface area contributed by atoms with E-state index in [9.17, 15) is 4.79 Å². The molecule has 1 N–H and O–H groups in total. The van der Waals surface area contributed by atoms with E-state index in [1.807, 2.05) is 12.1 Å². The highest BCUT2D eigenvalue weighted by atomic mass is 16.6. The molecule has 0 bridgehead atoms. The molecule has 0 aromatic heterocycles. The Bertz CT molecular complexity index is 404. The van der Waals surface area contributed by atoms with Crippen molar-refractivity contribution in [3.8, 4) is 11.5 Å². The van der Waals surface area contributed by atoms with Gasteiger partial charge < -0.3 is 19.5 Å². The Morgan fingerprint density at radius 2 is 1.89 bits per heavy atom. The summed E-state index contributed by atoms with van der Waals surface area (Å²) >= 11 is 0. The average Bonchev–Trinajstić information content (AvgIpc) is 2.35. The van der Waals surface area contributed by atoms with Crippen molar-refractivity contribution in [3.63, 3.8) is 0 Å². The van der Waals surface area contributed by atoms with Gasteiger partial charge in [0.2, 0.25) is 0 Å². The minimum absolute atomic E-state index is 0.129. The highest BCUT2D eigenvalue weighted by molar-refractivity contribution is 5.67. The van der Waals surface area contributed by atoms with Gasteiger partial charge in [0.25, 0.3) is 0 Å². The Morgan fingerprint density at radius 1 is 1.22 bits per heavy atom. The number of methoxy groups -OCH3 is 2. The van der Waals surface area contributed by atoms with Crippen LogP contribution in [0.3, 0.4) is 0 Å². The quantitative estimate of drug-likeness (QED) is 0.875. The first-order chi connectivity index (χ1) is 8.56. The van der Waals surface area contributed by atoms with Crippen LogP contribution < -0.4 is 14.8 Å². The molecular formula is C13H19NO4. The van der Waals surface area contributed by atoms with E-state index in [0.29, 0.717) is 18.0 Å². The maximum absolute atomic E-state index is 11.3. The second-order valence-electron chi connectivity index (χ2n) is 4.00. The smallest absolute Gasteiger partial charge is 0.407 e. The summed E-state index contributed by atoms with van der Waals surface area (Å²) in [6.07, 6.45) is -0.560. The van der Waals surface area contributed by atoms with E-state index in [4.69, 9.17) is 14.2 Å². The minimum Gasteiger partial charge on any atom is -0.493 e. The highest BCUT2D eigenvalue weighted by Gasteiger charge is 2.07. The van der Waals surface area contributed by atoms with Gasteiger partial charge in [-0.3, -0.25) is 0 Å². The summed E-state index contributed by atoms with van der Waals surface area (Å²) in [5.74, 6) is 1.29. The van der Waals surface area contributed by atoms with Crippen LogP contribution in [0.25, 0.3) is 0 Å². The predicted molar refractivity (Wildman–Crippen MR) is 68.0 cm³/mol. The summed E-state index contributed by atoms with van der Waals surface area (Å²) in [6, 6.07) is 5.47. The van der Waals surface area contributed by atoms with Crippen LogP contribution in [0.4, 0.5) is 4.79 Å². The molecule has 0 radical (unpaired) electrons. The summed E-state index contributed by atoms with van der Waals surface area (Å²) in [7, 11) is 3.15. The second kappa shape index (κ2) is 6.74. The third-order valence-electron chi connectivity index (χ3n) is 2.23. The van der Waals surface area contributed by atoms with Gasteiger partial charge in [-0.1, -0.05) is 6.07 Å². The molecule has 5 heteroatoms. The fourth-order valence-electron chi connectivity index (χ4n) is 1.42. The first-order valence-corrected chi connectivity index (χ1v) is 5.72. The number of nitrogens with one attached hydrogen (secondary N) is 1. The van der Waals surface area contributed by atoms with Crippen molar-refractivity contribution in [3.05, 3.63) is 23.8 Å². The first-order valence-electron chi connectivity index (χ1n) is 5.72. The highest BCUT2D eigenvalue weighted by Crippen LogP contribution is 2.27. The lowest BCUT2D eigenvalue weighted by atomic mass is 10.2. The number of carbonyl (C=O) groups excluding carboxylic acids is 1. The number of rotatable bonds is 5. The lowest BCUT2D eigenvalue weighted by Crippen LogP contribution is -2.26. The molecule has 0 atom stereocenters. The molecule has 0 aliphatic rings. The van der Waals surface area contributed by atoms with Crippen LogP contribution >= 0.6 is 0 Å².